The Morgan fingerprint density at radius 3 is 2.38 bits per heavy atom. The van der Waals surface area contributed by atoms with Crippen molar-refractivity contribution >= 4 is 27.6 Å². The zero-order valence-corrected chi connectivity index (χ0v) is 19.2. The van der Waals surface area contributed by atoms with Crippen molar-refractivity contribution in [3.05, 3.63) is 71.5 Å². The summed E-state index contributed by atoms with van der Waals surface area (Å²) in [5, 5.41) is 2.77. The summed E-state index contributed by atoms with van der Waals surface area (Å²) in [6, 6.07) is 13.2. The number of carbonyl (C=O) groups is 1. The van der Waals surface area contributed by atoms with Crippen molar-refractivity contribution in [2.75, 3.05) is 10.0 Å². The molecule has 0 fully saturated rings. The van der Waals surface area contributed by atoms with E-state index < -0.39 is 16.1 Å². The molecule has 2 N–H and O–H groups in total. The van der Waals surface area contributed by atoms with Crippen LogP contribution < -0.4 is 14.8 Å². The number of rotatable bonds is 8. The number of aryl methyl sites for hydroxylation is 3. The van der Waals surface area contributed by atoms with Gasteiger partial charge in [0.05, 0.1) is 4.90 Å². The maximum absolute atomic E-state index is 12.7. The predicted octanol–water partition coefficient (Wildman–Crippen LogP) is 4.00. The zero-order valence-electron chi connectivity index (χ0n) is 18.4. The van der Waals surface area contributed by atoms with Gasteiger partial charge in [0, 0.05) is 17.6 Å². The van der Waals surface area contributed by atoms with Crippen LogP contribution in [0.1, 0.15) is 30.2 Å². The smallest absolute Gasteiger partial charge is 0.265 e. The molecule has 1 amide bonds. The number of aromatic nitrogens is 2. The van der Waals surface area contributed by atoms with E-state index in [4.69, 9.17) is 4.74 Å². The van der Waals surface area contributed by atoms with E-state index in [0.717, 1.165) is 11.1 Å². The Morgan fingerprint density at radius 2 is 1.75 bits per heavy atom. The first-order valence-electron chi connectivity index (χ1n) is 10.1. The Labute approximate surface area is 188 Å². The minimum atomic E-state index is -3.86. The van der Waals surface area contributed by atoms with Gasteiger partial charge < -0.3 is 10.1 Å². The van der Waals surface area contributed by atoms with Crippen molar-refractivity contribution < 1.29 is 17.9 Å². The summed E-state index contributed by atoms with van der Waals surface area (Å²) in [5.74, 6) is 0.310. The molecule has 168 valence electrons. The van der Waals surface area contributed by atoms with Crippen LogP contribution in [0.15, 0.2) is 59.6 Å². The van der Waals surface area contributed by atoms with E-state index in [0.29, 0.717) is 23.6 Å². The highest BCUT2D eigenvalue weighted by Crippen LogP contribution is 2.20. The highest BCUT2D eigenvalue weighted by atomic mass is 32.2. The third kappa shape index (κ3) is 5.82. The van der Waals surface area contributed by atoms with Gasteiger partial charge in [-0.1, -0.05) is 13.0 Å². The number of carbonyl (C=O) groups excluding carboxylic acids is 1. The second kappa shape index (κ2) is 9.78. The molecule has 2 aromatic carbocycles. The topological polar surface area (TPSA) is 110 Å². The van der Waals surface area contributed by atoms with Crippen LogP contribution in [0.3, 0.4) is 0 Å². The molecule has 0 aliphatic rings. The molecule has 0 saturated heterocycles. The SMILES string of the molecule is CC[C@@H](Oc1ccc(C)c(C)c1)C(=O)Nc1ccc(S(=O)(=O)Nc2nccc(C)n2)cc1. The number of hydrogen-bond acceptors (Lipinski definition) is 6. The molecule has 1 atom stereocenters. The minimum Gasteiger partial charge on any atom is -0.481 e. The van der Waals surface area contributed by atoms with Gasteiger partial charge in [0.15, 0.2) is 6.10 Å². The van der Waals surface area contributed by atoms with Gasteiger partial charge in [-0.15, -0.1) is 0 Å². The van der Waals surface area contributed by atoms with E-state index in [1.807, 2.05) is 39.0 Å². The number of nitrogens with one attached hydrogen (secondary N) is 2. The van der Waals surface area contributed by atoms with E-state index in [1.54, 1.807) is 13.0 Å². The lowest BCUT2D eigenvalue weighted by molar-refractivity contribution is -0.122. The summed E-state index contributed by atoms with van der Waals surface area (Å²) in [6.45, 7) is 7.60. The number of nitrogens with zero attached hydrogens (tertiary/aromatic N) is 2. The summed E-state index contributed by atoms with van der Waals surface area (Å²) >= 11 is 0. The van der Waals surface area contributed by atoms with E-state index in [1.165, 1.54) is 30.5 Å². The molecular weight excluding hydrogens is 428 g/mol. The molecule has 0 spiro atoms. The summed E-state index contributed by atoms with van der Waals surface area (Å²) in [4.78, 5) is 20.6. The zero-order chi connectivity index (χ0) is 23.3. The molecule has 8 nitrogen and oxygen atoms in total. The van der Waals surface area contributed by atoms with Gasteiger partial charge in [-0.3, -0.25) is 4.79 Å². The molecule has 3 aromatic rings. The summed E-state index contributed by atoms with van der Waals surface area (Å²) in [7, 11) is -3.86. The average Bonchev–Trinajstić information content (AvgIpc) is 2.74. The van der Waals surface area contributed by atoms with Crippen LogP contribution in [0.25, 0.3) is 0 Å². The highest BCUT2D eigenvalue weighted by Gasteiger charge is 2.20. The van der Waals surface area contributed by atoms with Gasteiger partial charge in [-0.25, -0.2) is 23.1 Å². The quantitative estimate of drug-likeness (QED) is 0.532. The van der Waals surface area contributed by atoms with Crippen LogP contribution >= 0.6 is 0 Å². The van der Waals surface area contributed by atoms with Crippen molar-refractivity contribution in [1.29, 1.82) is 0 Å². The largest absolute Gasteiger partial charge is 0.481 e. The minimum absolute atomic E-state index is 0.00309. The lowest BCUT2D eigenvalue weighted by Crippen LogP contribution is -2.32. The second-order valence-electron chi connectivity index (χ2n) is 7.40. The van der Waals surface area contributed by atoms with Crippen LogP contribution in [0.2, 0.25) is 0 Å². The van der Waals surface area contributed by atoms with Crippen molar-refractivity contribution in [3.63, 3.8) is 0 Å². The van der Waals surface area contributed by atoms with Crippen LogP contribution in [0, 0.1) is 20.8 Å². The van der Waals surface area contributed by atoms with E-state index >= 15 is 0 Å². The van der Waals surface area contributed by atoms with Crippen LogP contribution in [-0.2, 0) is 14.8 Å². The average molecular weight is 455 g/mol. The molecule has 0 aliphatic carbocycles. The first kappa shape index (κ1) is 23.2. The van der Waals surface area contributed by atoms with Gasteiger partial charge in [0.2, 0.25) is 5.95 Å². The van der Waals surface area contributed by atoms with E-state index in [9.17, 15) is 13.2 Å². The predicted molar refractivity (Wildman–Crippen MR) is 123 cm³/mol. The van der Waals surface area contributed by atoms with E-state index in [2.05, 4.69) is 20.0 Å². The Bertz CT molecular complexity index is 1210. The second-order valence-corrected chi connectivity index (χ2v) is 9.08. The monoisotopic (exact) mass is 454 g/mol. The lowest BCUT2D eigenvalue weighted by Gasteiger charge is -2.18. The molecule has 0 saturated carbocycles. The van der Waals surface area contributed by atoms with Gasteiger partial charge >= 0.3 is 0 Å². The van der Waals surface area contributed by atoms with Crippen molar-refractivity contribution in [2.24, 2.45) is 0 Å². The number of ether oxygens (including phenoxy) is 1. The fourth-order valence-electron chi connectivity index (χ4n) is 2.89. The van der Waals surface area contributed by atoms with Gasteiger partial charge in [-0.2, -0.15) is 0 Å². The number of anilines is 2. The Morgan fingerprint density at radius 1 is 1.03 bits per heavy atom. The standard InChI is InChI=1S/C23H26N4O4S/c1-5-21(31-19-9-6-15(2)16(3)14-19)22(28)26-18-7-10-20(11-8-18)32(29,30)27-23-24-13-12-17(4)25-23/h6-14,21H,5H2,1-4H3,(H,26,28)(H,24,25,27)/t21-/m1/s1. The molecule has 9 heteroatoms. The first-order valence-corrected chi connectivity index (χ1v) is 11.6. The van der Waals surface area contributed by atoms with Crippen LogP contribution in [-0.4, -0.2) is 30.4 Å². The maximum atomic E-state index is 12.7. The molecule has 32 heavy (non-hydrogen) atoms. The number of hydrogen-bond donors (Lipinski definition) is 2. The number of benzene rings is 2. The summed E-state index contributed by atoms with van der Waals surface area (Å²) in [5.41, 5.74) is 3.33. The van der Waals surface area contributed by atoms with Gasteiger partial charge in [0.25, 0.3) is 15.9 Å². The van der Waals surface area contributed by atoms with Gasteiger partial charge in [0.1, 0.15) is 5.75 Å². The third-order valence-corrected chi connectivity index (χ3v) is 6.22. The molecule has 0 bridgehead atoms. The first-order chi connectivity index (χ1) is 15.2. The Balaban J connectivity index is 1.67. The molecule has 0 unspecified atom stereocenters. The fourth-order valence-corrected chi connectivity index (χ4v) is 3.84. The molecular formula is C23H26N4O4S. The summed E-state index contributed by atoms with van der Waals surface area (Å²) in [6.07, 6.45) is 1.27. The van der Waals surface area contributed by atoms with Crippen LogP contribution in [0.5, 0.6) is 5.75 Å². The number of sulfonamides is 1. The highest BCUT2D eigenvalue weighted by molar-refractivity contribution is 7.92. The fraction of sp³-hybridized carbons (Fsp3) is 0.261. The Kier molecular flexibility index (Phi) is 7.09. The summed E-state index contributed by atoms with van der Waals surface area (Å²) < 4.78 is 33.3. The van der Waals surface area contributed by atoms with Crippen LogP contribution in [0.4, 0.5) is 11.6 Å². The van der Waals surface area contributed by atoms with Crippen molar-refractivity contribution in [3.8, 4) is 5.75 Å². The number of amides is 1. The van der Waals surface area contributed by atoms with Crippen molar-refractivity contribution in [2.45, 2.75) is 45.1 Å². The normalized spacial score (nSPS) is 12.1. The molecule has 0 aliphatic heterocycles. The Hall–Kier alpha value is -3.46. The van der Waals surface area contributed by atoms with E-state index in [-0.39, 0.29) is 16.8 Å². The maximum Gasteiger partial charge on any atom is 0.265 e. The van der Waals surface area contributed by atoms with Crippen molar-refractivity contribution in [1.82, 2.24) is 9.97 Å². The lowest BCUT2D eigenvalue weighted by atomic mass is 10.1. The molecule has 1 heterocycles. The molecule has 0 radical (unpaired) electrons. The van der Waals surface area contributed by atoms with Gasteiger partial charge in [-0.05, 0) is 80.8 Å². The third-order valence-electron chi connectivity index (χ3n) is 4.87. The molecule has 1 aromatic heterocycles. The molecule has 3 rings (SSSR count).